The van der Waals surface area contributed by atoms with Crippen LogP contribution in [0.1, 0.15) is 15.9 Å². The van der Waals surface area contributed by atoms with E-state index in [-0.39, 0.29) is 23.3 Å². The van der Waals surface area contributed by atoms with Crippen molar-refractivity contribution in [2.45, 2.75) is 6.92 Å². The van der Waals surface area contributed by atoms with Crippen LogP contribution in [0.15, 0.2) is 36.4 Å². The second-order valence-corrected chi connectivity index (χ2v) is 5.27. The molecule has 23 heavy (non-hydrogen) atoms. The van der Waals surface area contributed by atoms with E-state index < -0.39 is 0 Å². The zero-order chi connectivity index (χ0) is 16.8. The third-order valence-corrected chi connectivity index (χ3v) is 3.32. The Morgan fingerprint density at radius 2 is 2.09 bits per heavy atom. The van der Waals surface area contributed by atoms with Crippen LogP contribution in [-0.2, 0) is 4.79 Å². The molecular formula is C17H16ClNO4. The molecule has 120 valence electrons. The molecule has 2 aromatic carbocycles. The summed E-state index contributed by atoms with van der Waals surface area (Å²) in [5.74, 6) is 0.190. The van der Waals surface area contributed by atoms with E-state index in [4.69, 9.17) is 21.1 Å². The Balaban J connectivity index is 2.05. The van der Waals surface area contributed by atoms with Crippen molar-refractivity contribution < 1.29 is 19.1 Å². The van der Waals surface area contributed by atoms with Crippen molar-refractivity contribution >= 4 is 29.5 Å². The quantitative estimate of drug-likeness (QED) is 0.822. The van der Waals surface area contributed by atoms with Crippen molar-refractivity contribution in [1.29, 1.82) is 0 Å². The largest absolute Gasteiger partial charge is 0.493 e. The molecule has 0 fully saturated rings. The first-order chi connectivity index (χ1) is 11.0. The van der Waals surface area contributed by atoms with Crippen LogP contribution in [0.4, 0.5) is 5.69 Å². The Morgan fingerprint density at radius 1 is 1.30 bits per heavy atom. The zero-order valence-electron chi connectivity index (χ0n) is 12.8. The number of carbonyl (C=O) groups is 2. The van der Waals surface area contributed by atoms with E-state index in [1.54, 1.807) is 6.07 Å². The minimum atomic E-state index is -0.326. The van der Waals surface area contributed by atoms with Crippen molar-refractivity contribution in [2.24, 2.45) is 0 Å². The molecule has 2 rings (SSSR count). The van der Waals surface area contributed by atoms with Crippen molar-refractivity contribution in [3.05, 3.63) is 52.5 Å². The molecule has 2 aromatic rings. The maximum Gasteiger partial charge on any atom is 0.262 e. The first-order valence-electron chi connectivity index (χ1n) is 6.85. The van der Waals surface area contributed by atoms with Gasteiger partial charge in [-0.25, -0.2) is 0 Å². The van der Waals surface area contributed by atoms with Gasteiger partial charge in [-0.1, -0.05) is 23.7 Å². The summed E-state index contributed by atoms with van der Waals surface area (Å²) >= 11 is 6.06. The van der Waals surface area contributed by atoms with Gasteiger partial charge in [0.05, 0.1) is 12.1 Å². The molecule has 0 aliphatic rings. The van der Waals surface area contributed by atoms with Crippen LogP contribution in [0.5, 0.6) is 11.5 Å². The average Bonchev–Trinajstić information content (AvgIpc) is 2.52. The van der Waals surface area contributed by atoms with E-state index in [0.29, 0.717) is 23.3 Å². The molecule has 1 amide bonds. The van der Waals surface area contributed by atoms with Crippen LogP contribution in [-0.4, -0.2) is 25.9 Å². The Hall–Kier alpha value is -2.53. The molecule has 6 heteroatoms. The number of ether oxygens (including phenoxy) is 2. The van der Waals surface area contributed by atoms with E-state index in [9.17, 15) is 9.59 Å². The summed E-state index contributed by atoms with van der Waals surface area (Å²) in [6.07, 6.45) is 0.655. The lowest BCUT2D eigenvalue weighted by Gasteiger charge is -2.13. The number of nitrogens with one attached hydrogen (secondary N) is 1. The number of aldehydes is 1. The van der Waals surface area contributed by atoms with Crippen LogP contribution in [0.3, 0.4) is 0 Å². The number of halogens is 1. The predicted molar refractivity (Wildman–Crippen MR) is 88.7 cm³/mol. The molecule has 0 bridgehead atoms. The van der Waals surface area contributed by atoms with Gasteiger partial charge in [0.1, 0.15) is 6.29 Å². The zero-order valence-corrected chi connectivity index (χ0v) is 13.5. The van der Waals surface area contributed by atoms with E-state index >= 15 is 0 Å². The second kappa shape index (κ2) is 7.65. The summed E-state index contributed by atoms with van der Waals surface area (Å²) < 4.78 is 10.6. The number of amides is 1. The molecule has 0 radical (unpaired) electrons. The predicted octanol–water partition coefficient (Wildman–Crippen LogP) is 3.49. The van der Waals surface area contributed by atoms with E-state index in [2.05, 4.69) is 5.32 Å². The summed E-state index contributed by atoms with van der Waals surface area (Å²) in [6.45, 7) is 1.70. The number of methoxy groups -OCH3 is 1. The van der Waals surface area contributed by atoms with Gasteiger partial charge in [-0.2, -0.15) is 0 Å². The van der Waals surface area contributed by atoms with Gasteiger partial charge in [0.2, 0.25) is 0 Å². The average molecular weight is 334 g/mol. The monoisotopic (exact) mass is 333 g/mol. The van der Waals surface area contributed by atoms with Gasteiger partial charge < -0.3 is 14.8 Å². The summed E-state index contributed by atoms with van der Waals surface area (Å²) in [7, 11) is 1.43. The molecule has 0 atom stereocenters. The fourth-order valence-corrected chi connectivity index (χ4v) is 2.28. The highest BCUT2D eigenvalue weighted by Crippen LogP contribution is 2.36. The lowest BCUT2D eigenvalue weighted by Crippen LogP contribution is -2.20. The highest BCUT2D eigenvalue weighted by molar-refractivity contribution is 6.32. The van der Waals surface area contributed by atoms with Crippen LogP contribution in [0, 0.1) is 6.92 Å². The third-order valence-electron chi connectivity index (χ3n) is 3.04. The Morgan fingerprint density at radius 3 is 2.74 bits per heavy atom. The standard InChI is InChI=1S/C17H16ClNO4/c1-11-4-3-5-13(6-11)19-16(21)10-23-17-14(18)7-12(9-20)8-15(17)22-2/h3-9H,10H2,1-2H3,(H,19,21). The molecule has 0 heterocycles. The summed E-state index contributed by atoms with van der Waals surface area (Å²) in [5, 5.41) is 2.93. The van der Waals surface area contributed by atoms with Crippen LogP contribution < -0.4 is 14.8 Å². The number of carbonyl (C=O) groups excluding carboxylic acids is 2. The first-order valence-corrected chi connectivity index (χ1v) is 7.23. The number of hydrogen-bond donors (Lipinski definition) is 1. The number of benzene rings is 2. The maximum absolute atomic E-state index is 12.0. The highest BCUT2D eigenvalue weighted by Gasteiger charge is 2.14. The van der Waals surface area contributed by atoms with Crippen molar-refractivity contribution in [3.63, 3.8) is 0 Å². The molecule has 0 aliphatic heterocycles. The SMILES string of the molecule is COc1cc(C=O)cc(Cl)c1OCC(=O)Nc1cccc(C)c1. The lowest BCUT2D eigenvalue weighted by atomic mass is 10.2. The molecule has 0 saturated heterocycles. The second-order valence-electron chi connectivity index (χ2n) is 4.86. The van der Waals surface area contributed by atoms with Crippen molar-refractivity contribution in [3.8, 4) is 11.5 Å². The van der Waals surface area contributed by atoms with Gasteiger partial charge in [0.25, 0.3) is 5.91 Å². The lowest BCUT2D eigenvalue weighted by molar-refractivity contribution is -0.118. The third kappa shape index (κ3) is 4.47. The fourth-order valence-electron chi connectivity index (χ4n) is 2.01. The minimum Gasteiger partial charge on any atom is -0.493 e. The van der Waals surface area contributed by atoms with E-state index in [0.717, 1.165) is 5.56 Å². The normalized spacial score (nSPS) is 10.0. The van der Waals surface area contributed by atoms with E-state index in [1.807, 2.05) is 25.1 Å². The van der Waals surface area contributed by atoms with Gasteiger partial charge in [-0.05, 0) is 36.8 Å². The Kier molecular flexibility index (Phi) is 5.60. The number of hydrogen-bond acceptors (Lipinski definition) is 4. The number of anilines is 1. The van der Waals surface area contributed by atoms with Crippen LogP contribution in [0.2, 0.25) is 5.02 Å². The molecule has 0 unspecified atom stereocenters. The fraction of sp³-hybridized carbons (Fsp3) is 0.176. The first kappa shape index (κ1) is 16.8. The van der Waals surface area contributed by atoms with Crippen molar-refractivity contribution in [2.75, 3.05) is 19.0 Å². The minimum absolute atomic E-state index is 0.204. The summed E-state index contributed by atoms with van der Waals surface area (Å²) in [4.78, 5) is 22.8. The molecule has 1 N–H and O–H groups in total. The summed E-state index contributed by atoms with van der Waals surface area (Å²) in [5.41, 5.74) is 2.09. The van der Waals surface area contributed by atoms with Crippen LogP contribution in [0.25, 0.3) is 0 Å². The Bertz CT molecular complexity index is 731. The maximum atomic E-state index is 12.0. The van der Waals surface area contributed by atoms with Gasteiger partial charge in [-0.15, -0.1) is 0 Å². The van der Waals surface area contributed by atoms with Gasteiger partial charge >= 0.3 is 0 Å². The molecule has 0 aliphatic carbocycles. The molecule has 5 nitrogen and oxygen atoms in total. The molecule has 0 saturated carbocycles. The summed E-state index contributed by atoms with van der Waals surface area (Å²) in [6, 6.07) is 10.4. The van der Waals surface area contributed by atoms with Crippen LogP contribution >= 0.6 is 11.6 Å². The topological polar surface area (TPSA) is 64.6 Å². The van der Waals surface area contributed by atoms with Gasteiger partial charge in [0.15, 0.2) is 18.1 Å². The smallest absolute Gasteiger partial charge is 0.262 e. The number of rotatable bonds is 6. The van der Waals surface area contributed by atoms with E-state index in [1.165, 1.54) is 19.2 Å². The van der Waals surface area contributed by atoms with Gasteiger partial charge in [0, 0.05) is 11.3 Å². The number of aryl methyl sites for hydroxylation is 1. The molecule has 0 aromatic heterocycles. The Labute approximate surface area is 139 Å². The molecular weight excluding hydrogens is 318 g/mol. The van der Waals surface area contributed by atoms with Crippen molar-refractivity contribution in [1.82, 2.24) is 0 Å². The highest BCUT2D eigenvalue weighted by atomic mass is 35.5. The van der Waals surface area contributed by atoms with Gasteiger partial charge in [-0.3, -0.25) is 9.59 Å². The molecule has 0 spiro atoms.